The molecule has 1 saturated heterocycles. The van der Waals surface area contributed by atoms with Crippen LogP contribution >= 0.6 is 0 Å². The molecule has 0 aliphatic carbocycles. The van der Waals surface area contributed by atoms with Gasteiger partial charge in [0, 0.05) is 26.2 Å². The first-order valence-corrected chi connectivity index (χ1v) is 8.50. The van der Waals surface area contributed by atoms with Crippen LogP contribution in [0.3, 0.4) is 0 Å². The lowest BCUT2D eigenvalue weighted by Gasteiger charge is -2.34. The molecule has 7 heteroatoms. The van der Waals surface area contributed by atoms with Gasteiger partial charge in [-0.1, -0.05) is 12.1 Å². The van der Waals surface area contributed by atoms with Crippen molar-refractivity contribution in [2.45, 2.75) is 18.9 Å². The van der Waals surface area contributed by atoms with Gasteiger partial charge in [-0.05, 0) is 37.1 Å². The summed E-state index contributed by atoms with van der Waals surface area (Å²) in [5.41, 5.74) is 0.750. The van der Waals surface area contributed by atoms with Gasteiger partial charge < -0.3 is 10.0 Å². The van der Waals surface area contributed by atoms with Crippen LogP contribution in [-0.2, 0) is 0 Å². The van der Waals surface area contributed by atoms with Crippen molar-refractivity contribution in [1.29, 1.82) is 0 Å². The average molecular weight is 347 g/mol. The Hall–Kier alpha value is -2.12. The monoisotopic (exact) mass is 347 g/mol. The van der Waals surface area contributed by atoms with E-state index in [-0.39, 0.29) is 5.82 Å². The molecule has 1 aliphatic rings. The maximum Gasteiger partial charge on any atom is 0.225 e. The van der Waals surface area contributed by atoms with Gasteiger partial charge in [0.2, 0.25) is 5.95 Å². The molecule has 0 amide bonds. The minimum Gasteiger partial charge on any atom is -0.388 e. The zero-order valence-corrected chi connectivity index (χ0v) is 14.0. The Balaban J connectivity index is 1.39. The summed E-state index contributed by atoms with van der Waals surface area (Å²) in [7, 11) is 0. The molecule has 1 aliphatic heterocycles. The zero-order chi connectivity index (χ0) is 17.6. The van der Waals surface area contributed by atoms with Crippen LogP contribution in [0.25, 0.3) is 0 Å². The van der Waals surface area contributed by atoms with Gasteiger partial charge in [0.1, 0.15) is 5.82 Å². The number of aromatic nitrogens is 2. The number of nitrogens with zero attached hydrogens (tertiary/aromatic N) is 4. The van der Waals surface area contributed by atoms with E-state index in [9.17, 15) is 13.9 Å². The Morgan fingerprint density at radius 3 is 2.24 bits per heavy atom. The van der Waals surface area contributed by atoms with Crippen molar-refractivity contribution in [3.05, 3.63) is 53.9 Å². The predicted molar refractivity (Wildman–Crippen MR) is 91.2 cm³/mol. The van der Waals surface area contributed by atoms with Crippen molar-refractivity contribution < 1.29 is 13.9 Å². The summed E-state index contributed by atoms with van der Waals surface area (Å²) in [5.74, 6) is -0.158. The molecule has 3 rings (SSSR count). The maximum absolute atomic E-state index is 12.9. The molecule has 1 unspecified atom stereocenters. The van der Waals surface area contributed by atoms with Crippen LogP contribution in [-0.4, -0.2) is 52.7 Å². The van der Waals surface area contributed by atoms with E-state index in [1.807, 2.05) is 4.90 Å². The summed E-state index contributed by atoms with van der Waals surface area (Å²) in [6, 6.07) is 5.99. The van der Waals surface area contributed by atoms with Crippen LogP contribution in [0.5, 0.6) is 0 Å². The smallest absolute Gasteiger partial charge is 0.225 e. The summed E-state index contributed by atoms with van der Waals surface area (Å²) in [4.78, 5) is 12.4. The molecule has 134 valence electrons. The molecule has 1 atom stereocenters. The quantitative estimate of drug-likeness (QED) is 0.870. The summed E-state index contributed by atoms with van der Waals surface area (Å²) in [6.45, 7) is 4.26. The van der Waals surface area contributed by atoms with Crippen LogP contribution in [0, 0.1) is 11.6 Å². The second kappa shape index (κ2) is 8.31. The third-order valence-corrected chi connectivity index (χ3v) is 4.47. The number of hydrogen-bond acceptors (Lipinski definition) is 5. The fourth-order valence-corrected chi connectivity index (χ4v) is 3.00. The van der Waals surface area contributed by atoms with Gasteiger partial charge in [0.25, 0.3) is 0 Å². The number of anilines is 1. The van der Waals surface area contributed by atoms with Crippen molar-refractivity contribution in [2.24, 2.45) is 0 Å². The van der Waals surface area contributed by atoms with E-state index in [0.717, 1.165) is 44.7 Å². The molecule has 1 fully saturated rings. The molecule has 0 spiro atoms. The molecule has 0 saturated carbocycles. The normalized spacial score (nSPS) is 16.8. The van der Waals surface area contributed by atoms with Gasteiger partial charge in [-0.15, -0.1) is 0 Å². The number of hydrogen-bond donors (Lipinski definition) is 1. The summed E-state index contributed by atoms with van der Waals surface area (Å²) in [6.07, 6.45) is 3.32. The Bertz CT molecular complexity index is 658. The standard InChI is InChI=1S/C18H22F2N4O/c19-15-5-3-14(4-6-15)17(25)2-1-7-23-8-10-24(11-9-23)18-21-12-16(20)13-22-18/h3-6,12-13,17,25H,1-2,7-11H2/i19-1. The topological polar surface area (TPSA) is 52.5 Å². The van der Waals surface area contributed by atoms with Crippen molar-refractivity contribution in [1.82, 2.24) is 14.9 Å². The van der Waals surface area contributed by atoms with Crippen molar-refractivity contribution >= 4 is 5.95 Å². The van der Waals surface area contributed by atoms with Gasteiger partial charge in [-0.2, -0.15) is 0 Å². The molecule has 1 N–H and O–H groups in total. The van der Waals surface area contributed by atoms with E-state index in [0.29, 0.717) is 12.4 Å². The van der Waals surface area contributed by atoms with Crippen LogP contribution in [0.15, 0.2) is 36.7 Å². The lowest BCUT2D eigenvalue weighted by atomic mass is 10.0. The molecule has 2 heterocycles. The van der Waals surface area contributed by atoms with E-state index >= 15 is 0 Å². The Morgan fingerprint density at radius 1 is 0.960 bits per heavy atom. The largest absolute Gasteiger partial charge is 0.388 e. The average Bonchev–Trinajstić information content (AvgIpc) is 2.63. The van der Waals surface area contributed by atoms with Gasteiger partial charge in [0.15, 0.2) is 5.82 Å². The highest BCUT2D eigenvalue weighted by molar-refractivity contribution is 5.29. The van der Waals surface area contributed by atoms with E-state index in [1.54, 1.807) is 12.1 Å². The number of piperazine rings is 1. The molecular weight excluding hydrogens is 325 g/mol. The zero-order valence-electron chi connectivity index (χ0n) is 14.0. The highest BCUT2D eigenvalue weighted by atomic mass is 19.1. The number of halogens is 2. The van der Waals surface area contributed by atoms with Gasteiger partial charge in [-0.25, -0.2) is 18.7 Å². The molecule has 1 aromatic heterocycles. The highest BCUT2D eigenvalue weighted by Crippen LogP contribution is 2.19. The van der Waals surface area contributed by atoms with Crippen molar-refractivity contribution in [2.75, 3.05) is 37.6 Å². The van der Waals surface area contributed by atoms with E-state index in [2.05, 4.69) is 14.9 Å². The van der Waals surface area contributed by atoms with E-state index < -0.39 is 11.9 Å². The minimum absolute atomic E-state index is 0.293. The van der Waals surface area contributed by atoms with Gasteiger partial charge in [-0.3, -0.25) is 4.90 Å². The number of aliphatic hydroxyl groups is 1. The first kappa shape index (κ1) is 17.7. The minimum atomic E-state index is -0.561. The van der Waals surface area contributed by atoms with E-state index in [1.165, 1.54) is 24.5 Å². The fraction of sp³-hybridized carbons (Fsp3) is 0.444. The third kappa shape index (κ3) is 4.93. The lowest BCUT2D eigenvalue weighted by Crippen LogP contribution is -2.47. The molecule has 2 aromatic rings. The predicted octanol–water partition coefficient (Wildman–Crippen LogP) is 2.39. The Labute approximate surface area is 145 Å². The first-order valence-electron chi connectivity index (χ1n) is 8.50. The maximum atomic E-state index is 12.9. The third-order valence-electron chi connectivity index (χ3n) is 4.47. The van der Waals surface area contributed by atoms with Crippen LogP contribution in [0.2, 0.25) is 0 Å². The molecule has 1 aromatic carbocycles. The highest BCUT2D eigenvalue weighted by Gasteiger charge is 2.19. The lowest BCUT2D eigenvalue weighted by molar-refractivity contribution is 0.154. The molecule has 0 radical (unpaired) electrons. The van der Waals surface area contributed by atoms with Crippen molar-refractivity contribution in [3.63, 3.8) is 0 Å². The van der Waals surface area contributed by atoms with Crippen molar-refractivity contribution in [3.8, 4) is 0 Å². The second-order valence-electron chi connectivity index (χ2n) is 6.24. The summed E-state index contributed by atoms with van der Waals surface area (Å²) >= 11 is 0. The Kier molecular flexibility index (Phi) is 5.88. The number of benzene rings is 1. The summed E-state index contributed by atoms with van der Waals surface area (Å²) < 4.78 is 25.8. The van der Waals surface area contributed by atoms with Gasteiger partial charge in [0.05, 0.1) is 18.5 Å². The van der Waals surface area contributed by atoms with Crippen LogP contribution in [0.4, 0.5) is 14.7 Å². The summed E-state index contributed by atoms with van der Waals surface area (Å²) in [5, 5.41) is 10.2. The molecule has 5 nitrogen and oxygen atoms in total. The molecular formula is C18H22F2N4O. The fourth-order valence-electron chi connectivity index (χ4n) is 3.00. The van der Waals surface area contributed by atoms with Crippen LogP contribution in [0.1, 0.15) is 24.5 Å². The Morgan fingerprint density at radius 2 is 1.60 bits per heavy atom. The van der Waals surface area contributed by atoms with E-state index in [4.69, 9.17) is 0 Å². The first-order chi connectivity index (χ1) is 12.1. The molecule has 0 bridgehead atoms. The number of aliphatic hydroxyl groups excluding tert-OH is 1. The SMILES string of the molecule is OC(CCCN1CCN(c2ncc(F)cn2)CC1)c1ccc([18F])cc1. The molecule has 25 heavy (non-hydrogen) atoms. The van der Waals surface area contributed by atoms with Gasteiger partial charge >= 0.3 is 0 Å². The second-order valence-corrected chi connectivity index (χ2v) is 6.24. The van der Waals surface area contributed by atoms with Crippen LogP contribution < -0.4 is 4.90 Å². The number of rotatable bonds is 6.